The Labute approximate surface area is 192 Å². The van der Waals surface area contributed by atoms with Gasteiger partial charge in [0.2, 0.25) is 15.8 Å². The Kier molecular flexibility index (Phi) is 7.86. The third-order valence-electron chi connectivity index (χ3n) is 5.71. The Bertz CT molecular complexity index is 1150. The summed E-state index contributed by atoms with van der Waals surface area (Å²) in [6.45, 7) is 3.37. The van der Waals surface area contributed by atoms with Crippen molar-refractivity contribution in [3.8, 4) is 0 Å². The standard InChI is InChI=1S/C24H27FN2O5S/c1-15(2)23(27-33(31,32)20-8-6-18(25)7-9-20)22(29)14-17-12-16-10-11-26-19(13-16)4-3-5-21(28)24(17)30/h6-11,13,15,17,23,27H,3-5,12,14H2,1-2H3. The zero-order valence-corrected chi connectivity index (χ0v) is 19.4. The van der Waals surface area contributed by atoms with Crippen molar-refractivity contribution >= 4 is 27.4 Å². The average Bonchev–Trinajstić information content (AvgIpc) is 2.76. The van der Waals surface area contributed by atoms with Crippen LogP contribution in [0.1, 0.15) is 44.4 Å². The molecule has 0 radical (unpaired) electrons. The van der Waals surface area contributed by atoms with Crippen LogP contribution in [0, 0.1) is 17.7 Å². The summed E-state index contributed by atoms with van der Waals surface area (Å²) in [6, 6.07) is 6.79. The summed E-state index contributed by atoms with van der Waals surface area (Å²) in [7, 11) is -4.10. The van der Waals surface area contributed by atoms with Gasteiger partial charge in [-0.25, -0.2) is 17.5 Å². The second-order valence-electron chi connectivity index (χ2n) is 8.66. The van der Waals surface area contributed by atoms with E-state index in [0.717, 1.165) is 35.5 Å². The number of aryl methyl sites for hydroxylation is 1. The minimum absolute atomic E-state index is 0.0836. The van der Waals surface area contributed by atoms with Crippen LogP contribution in [-0.4, -0.2) is 36.8 Å². The molecule has 3 rings (SSSR count). The van der Waals surface area contributed by atoms with Crippen molar-refractivity contribution in [3.05, 3.63) is 59.7 Å². The van der Waals surface area contributed by atoms with Crippen LogP contribution >= 0.6 is 0 Å². The van der Waals surface area contributed by atoms with Crippen LogP contribution in [0.15, 0.2) is 47.5 Å². The number of carbonyl (C=O) groups excluding carboxylic acids is 3. The van der Waals surface area contributed by atoms with E-state index in [1.807, 2.05) is 6.07 Å². The Hall–Kier alpha value is -2.78. The van der Waals surface area contributed by atoms with Crippen molar-refractivity contribution in [1.29, 1.82) is 0 Å². The number of nitrogens with zero attached hydrogens (tertiary/aromatic N) is 1. The molecule has 1 aliphatic carbocycles. The normalized spacial score (nSPS) is 18.2. The Morgan fingerprint density at radius 3 is 2.52 bits per heavy atom. The number of aromatic nitrogens is 1. The number of benzene rings is 1. The largest absolute Gasteiger partial charge is 0.298 e. The van der Waals surface area contributed by atoms with E-state index in [1.165, 1.54) is 0 Å². The number of nitrogens with one attached hydrogen (secondary N) is 1. The molecule has 33 heavy (non-hydrogen) atoms. The molecule has 2 bridgehead atoms. The molecule has 176 valence electrons. The first-order valence-corrected chi connectivity index (χ1v) is 12.4. The maximum absolute atomic E-state index is 13.2. The molecule has 1 aromatic carbocycles. The highest BCUT2D eigenvalue weighted by atomic mass is 32.2. The maximum Gasteiger partial charge on any atom is 0.241 e. The van der Waals surface area contributed by atoms with Gasteiger partial charge in [0.25, 0.3) is 0 Å². The SMILES string of the molecule is CC(C)C(NS(=O)(=O)c1ccc(F)cc1)C(=O)CC1Cc2ccnc(c2)CCCC(=O)C1=O. The first kappa shape index (κ1) is 24.9. The smallest absolute Gasteiger partial charge is 0.241 e. The van der Waals surface area contributed by atoms with Gasteiger partial charge in [-0.2, -0.15) is 0 Å². The molecule has 9 heteroatoms. The van der Waals surface area contributed by atoms with Crippen LogP contribution in [0.4, 0.5) is 4.39 Å². The molecule has 1 aromatic heterocycles. The Balaban J connectivity index is 1.83. The molecule has 2 atom stereocenters. The molecular formula is C24H27FN2O5S. The molecule has 2 aromatic rings. The predicted octanol–water partition coefficient (Wildman–Crippen LogP) is 2.82. The molecule has 2 unspecified atom stereocenters. The number of ketones is 3. The Morgan fingerprint density at radius 2 is 1.85 bits per heavy atom. The van der Waals surface area contributed by atoms with Crippen LogP contribution in [0.2, 0.25) is 0 Å². The van der Waals surface area contributed by atoms with Gasteiger partial charge in [0.1, 0.15) is 5.82 Å². The van der Waals surface area contributed by atoms with Gasteiger partial charge in [0.15, 0.2) is 11.6 Å². The fourth-order valence-electron chi connectivity index (χ4n) is 3.91. The number of hydrogen-bond acceptors (Lipinski definition) is 6. The number of pyridine rings is 1. The van der Waals surface area contributed by atoms with Crippen LogP contribution in [0.3, 0.4) is 0 Å². The molecule has 0 aliphatic heterocycles. The fraction of sp³-hybridized carbons (Fsp3) is 0.417. The summed E-state index contributed by atoms with van der Waals surface area (Å²) in [5, 5.41) is 0. The van der Waals surface area contributed by atoms with Gasteiger partial charge < -0.3 is 0 Å². The summed E-state index contributed by atoms with van der Waals surface area (Å²) in [5.74, 6) is -3.48. The molecule has 0 fully saturated rings. The van der Waals surface area contributed by atoms with Gasteiger partial charge in [-0.3, -0.25) is 19.4 Å². The first-order chi connectivity index (χ1) is 15.6. The third kappa shape index (κ3) is 6.39. The minimum Gasteiger partial charge on any atom is -0.298 e. The van der Waals surface area contributed by atoms with Gasteiger partial charge >= 0.3 is 0 Å². The molecule has 1 N–H and O–H groups in total. The van der Waals surface area contributed by atoms with Crippen molar-refractivity contribution in [2.75, 3.05) is 0 Å². The molecule has 0 spiro atoms. The molecule has 0 saturated carbocycles. The van der Waals surface area contributed by atoms with E-state index >= 15 is 0 Å². The van der Waals surface area contributed by atoms with Crippen molar-refractivity contribution in [2.24, 2.45) is 11.8 Å². The van der Waals surface area contributed by atoms with Gasteiger partial charge in [0.05, 0.1) is 10.9 Å². The van der Waals surface area contributed by atoms with Crippen molar-refractivity contribution in [2.45, 2.75) is 56.9 Å². The topological polar surface area (TPSA) is 110 Å². The lowest BCUT2D eigenvalue weighted by Gasteiger charge is -2.24. The van der Waals surface area contributed by atoms with Crippen LogP contribution in [0.25, 0.3) is 0 Å². The predicted molar refractivity (Wildman–Crippen MR) is 119 cm³/mol. The quantitative estimate of drug-likeness (QED) is 0.618. The number of Topliss-reactive ketones (excluding diaryl/α,β-unsaturated/α-hetero) is 3. The van der Waals surface area contributed by atoms with Crippen molar-refractivity contribution < 1.29 is 27.2 Å². The van der Waals surface area contributed by atoms with E-state index in [0.29, 0.717) is 12.8 Å². The van der Waals surface area contributed by atoms with Crippen LogP contribution < -0.4 is 4.72 Å². The van der Waals surface area contributed by atoms with Gasteiger partial charge in [-0.15, -0.1) is 0 Å². The number of fused-ring (bicyclic) bond motifs is 2. The highest BCUT2D eigenvalue weighted by molar-refractivity contribution is 7.89. The lowest BCUT2D eigenvalue weighted by molar-refractivity contribution is -0.140. The molecule has 1 heterocycles. The summed E-state index contributed by atoms with van der Waals surface area (Å²) in [5.41, 5.74) is 1.63. The van der Waals surface area contributed by atoms with E-state index in [2.05, 4.69) is 9.71 Å². The maximum atomic E-state index is 13.2. The molecule has 1 aliphatic rings. The van der Waals surface area contributed by atoms with Gasteiger partial charge in [0, 0.05) is 30.7 Å². The van der Waals surface area contributed by atoms with Gasteiger partial charge in [-0.05, 0) is 67.1 Å². The van der Waals surface area contributed by atoms with Crippen LogP contribution in [-0.2, 0) is 37.2 Å². The highest BCUT2D eigenvalue weighted by Crippen LogP contribution is 2.22. The number of hydrogen-bond donors (Lipinski definition) is 1. The Morgan fingerprint density at radius 1 is 1.15 bits per heavy atom. The molecular weight excluding hydrogens is 447 g/mol. The summed E-state index contributed by atoms with van der Waals surface area (Å²) in [4.78, 5) is 42.5. The van der Waals surface area contributed by atoms with E-state index in [4.69, 9.17) is 0 Å². The number of rotatable bonds is 7. The average molecular weight is 475 g/mol. The summed E-state index contributed by atoms with van der Waals surface area (Å²) >= 11 is 0. The fourth-order valence-corrected chi connectivity index (χ4v) is 5.28. The van der Waals surface area contributed by atoms with E-state index in [-0.39, 0.29) is 24.2 Å². The number of carbonyl (C=O) groups is 3. The summed E-state index contributed by atoms with van der Waals surface area (Å²) in [6.07, 6.45) is 2.74. The highest BCUT2D eigenvalue weighted by Gasteiger charge is 2.34. The zero-order valence-electron chi connectivity index (χ0n) is 18.6. The number of halogens is 1. The number of sulfonamides is 1. The monoisotopic (exact) mass is 474 g/mol. The van der Waals surface area contributed by atoms with E-state index in [1.54, 1.807) is 26.1 Å². The lowest BCUT2D eigenvalue weighted by Crippen LogP contribution is -2.45. The second-order valence-corrected chi connectivity index (χ2v) is 10.4. The first-order valence-electron chi connectivity index (χ1n) is 10.9. The molecule has 0 saturated heterocycles. The van der Waals surface area contributed by atoms with Gasteiger partial charge in [-0.1, -0.05) is 13.8 Å². The van der Waals surface area contributed by atoms with Crippen molar-refractivity contribution in [1.82, 2.24) is 9.71 Å². The minimum atomic E-state index is -4.10. The van der Waals surface area contributed by atoms with E-state index < -0.39 is 51.1 Å². The molecule has 7 nitrogen and oxygen atoms in total. The van der Waals surface area contributed by atoms with Crippen molar-refractivity contribution in [3.63, 3.8) is 0 Å². The third-order valence-corrected chi connectivity index (χ3v) is 7.17. The van der Waals surface area contributed by atoms with E-state index in [9.17, 15) is 27.2 Å². The summed E-state index contributed by atoms with van der Waals surface area (Å²) < 4.78 is 41.1. The molecule has 0 amide bonds. The second kappa shape index (κ2) is 10.4. The lowest BCUT2D eigenvalue weighted by atomic mass is 9.84. The van der Waals surface area contributed by atoms with Crippen LogP contribution in [0.5, 0.6) is 0 Å². The zero-order chi connectivity index (χ0) is 24.2.